The van der Waals surface area contributed by atoms with E-state index in [0.717, 1.165) is 61.1 Å². The second kappa shape index (κ2) is 13.9. The van der Waals surface area contributed by atoms with Crippen LogP contribution in [0.4, 0.5) is 4.79 Å². The van der Waals surface area contributed by atoms with E-state index in [1.54, 1.807) is 0 Å². The number of hydrogen-bond donors (Lipinski definition) is 1. The molecule has 1 aliphatic rings. The van der Waals surface area contributed by atoms with E-state index in [0.29, 0.717) is 26.4 Å². The molecule has 1 atom stereocenters. The molecule has 1 aliphatic carbocycles. The van der Waals surface area contributed by atoms with Gasteiger partial charge in [-0.25, -0.2) is 9.78 Å². The highest BCUT2D eigenvalue weighted by Crippen LogP contribution is 2.34. The Labute approximate surface area is 249 Å². The summed E-state index contributed by atoms with van der Waals surface area (Å²) >= 11 is 0. The normalized spacial score (nSPS) is 15.1. The number of fused-ring (bicyclic) bond motifs is 2. The highest BCUT2D eigenvalue weighted by molar-refractivity contribution is 5.75. The minimum absolute atomic E-state index is 0.215. The number of rotatable bonds is 12. The SMILES string of the molecule is CC(C)(C)OC(=O)NCCCCN(Cc1nc2ccccc2n1COCc1ccccc1)[C@@H]1CCCc2cccnc21. The number of hydrogen-bond acceptors (Lipinski definition) is 6. The van der Waals surface area contributed by atoms with Crippen LogP contribution in [0.25, 0.3) is 11.0 Å². The monoisotopic (exact) mass is 569 g/mol. The number of ether oxygens (including phenoxy) is 2. The summed E-state index contributed by atoms with van der Waals surface area (Å²) < 4.78 is 13.8. The fourth-order valence-electron chi connectivity index (χ4n) is 5.63. The Morgan fingerprint density at radius 2 is 1.86 bits per heavy atom. The largest absolute Gasteiger partial charge is 0.444 e. The van der Waals surface area contributed by atoms with Crippen LogP contribution in [0.1, 0.15) is 75.1 Å². The van der Waals surface area contributed by atoms with Gasteiger partial charge < -0.3 is 19.4 Å². The molecule has 8 nitrogen and oxygen atoms in total. The van der Waals surface area contributed by atoms with Gasteiger partial charge in [0.15, 0.2) is 0 Å². The molecule has 2 aromatic carbocycles. The summed E-state index contributed by atoms with van der Waals surface area (Å²) in [6.07, 6.45) is 6.59. The molecule has 1 N–H and O–H groups in total. The Balaban J connectivity index is 1.32. The lowest BCUT2D eigenvalue weighted by atomic mass is 9.90. The van der Waals surface area contributed by atoms with Gasteiger partial charge in [-0.05, 0) is 88.7 Å². The second-order valence-electron chi connectivity index (χ2n) is 12.0. The molecule has 42 heavy (non-hydrogen) atoms. The topological polar surface area (TPSA) is 81.5 Å². The van der Waals surface area contributed by atoms with Crippen LogP contribution in [0, 0.1) is 0 Å². The van der Waals surface area contributed by atoms with Crippen LogP contribution in [0.15, 0.2) is 72.9 Å². The van der Waals surface area contributed by atoms with Gasteiger partial charge in [-0.15, -0.1) is 0 Å². The molecule has 0 bridgehead atoms. The van der Waals surface area contributed by atoms with Gasteiger partial charge in [-0.3, -0.25) is 9.88 Å². The first-order valence-electron chi connectivity index (χ1n) is 15.1. The Hall–Kier alpha value is -3.75. The molecule has 0 unspecified atom stereocenters. The summed E-state index contributed by atoms with van der Waals surface area (Å²) in [6, 6.07) is 23.0. The van der Waals surface area contributed by atoms with Gasteiger partial charge in [0.1, 0.15) is 18.2 Å². The number of nitrogens with zero attached hydrogens (tertiary/aromatic N) is 4. The van der Waals surface area contributed by atoms with Crippen LogP contribution in [-0.2, 0) is 35.8 Å². The van der Waals surface area contributed by atoms with Gasteiger partial charge in [0.2, 0.25) is 0 Å². The van der Waals surface area contributed by atoms with Gasteiger partial charge in [-0.2, -0.15) is 0 Å². The van der Waals surface area contributed by atoms with Crippen molar-refractivity contribution in [2.45, 2.75) is 84.4 Å². The van der Waals surface area contributed by atoms with Crippen molar-refractivity contribution in [1.29, 1.82) is 0 Å². The number of pyridine rings is 1. The molecule has 0 radical (unpaired) electrons. The van der Waals surface area contributed by atoms with Gasteiger partial charge >= 0.3 is 6.09 Å². The van der Waals surface area contributed by atoms with Gasteiger partial charge in [-0.1, -0.05) is 48.5 Å². The first kappa shape index (κ1) is 29.7. The van der Waals surface area contributed by atoms with E-state index in [-0.39, 0.29) is 12.1 Å². The van der Waals surface area contributed by atoms with Crippen molar-refractivity contribution in [3.05, 3.63) is 95.6 Å². The minimum Gasteiger partial charge on any atom is -0.444 e. The van der Waals surface area contributed by atoms with E-state index in [1.165, 1.54) is 11.3 Å². The van der Waals surface area contributed by atoms with Crippen molar-refractivity contribution in [3.8, 4) is 0 Å². The van der Waals surface area contributed by atoms with Crippen LogP contribution in [0.5, 0.6) is 0 Å². The molecule has 222 valence electrons. The second-order valence-corrected chi connectivity index (χ2v) is 12.0. The molecule has 5 rings (SSSR count). The van der Waals surface area contributed by atoms with Crippen LogP contribution < -0.4 is 5.32 Å². The number of imidazole rings is 1. The van der Waals surface area contributed by atoms with E-state index in [4.69, 9.17) is 19.4 Å². The molecule has 8 heteroatoms. The van der Waals surface area contributed by atoms with E-state index in [9.17, 15) is 4.79 Å². The number of aromatic nitrogens is 3. The fourth-order valence-corrected chi connectivity index (χ4v) is 5.63. The lowest BCUT2D eigenvalue weighted by molar-refractivity contribution is 0.0526. The Bertz CT molecular complexity index is 1450. The lowest BCUT2D eigenvalue weighted by Crippen LogP contribution is -2.35. The van der Waals surface area contributed by atoms with Crippen LogP contribution in [0.2, 0.25) is 0 Å². The van der Waals surface area contributed by atoms with Crippen molar-refractivity contribution in [2.75, 3.05) is 13.1 Å². The van der Waals surface area contributed by atoms with E-state index in [2.05, 4.69) is 51.2 Å². The maximum Gasteiger partial charge on any atom is 0.407 e. The van der Waals surface area contributed by atoms with Crippen LogP contribution in [-0.4, -0.2) is 44.2 Å². The average molecular weight is 570 g/mol. The third-order valence-electron chi connectivity index (χ3n) is 7.56. The standard InChI is InChI=1S/C34H43N5O3/c1-34(2,3)42-33(40)36-20-9-10-22-38(30-19-11-15-27-16-12-21-35-32(27)30)23-31-37-28-17-7-8-18-29(28)39(31)25-41-24-26-13-5-4-6-14-26/h4-8,12-14,16-18,21,30H,9-11,15,19-20,22-25H2,1-3H3,(H,36,40)/t30-/m1/s1. The molecule has 0 saturated heterocycles. The molecule has 0 fully saturated rings. The number of aryl methyl sites for hydroxylation is 1. The molecule has 4 aromatic rings. The summed E-state index contributed by atoms with van der Waals surface area (Å²) in [5.74, 6) is 0.985. The number of para-hydroxylation sites is 2. The molecule has 1 amide bonds. The predicted molar refractivity (Wildman–Crippen MR) is 165 cm³/mol. The highest BCUT2D eigenvalue weighted by Gasteiger charge is 2.28. The Morgan fingerprint density at radius 3 is 2.69 bits per heavy atom. The minimum atomic E-state index is -0.501. The zero-order chi connectivity index (χ0) is 29.4. The molecule has 0 saturated carbocycles. The number of alkyl carbamates (subject to hydrolysis) is 1. The summed E-state index contributed by atoms with van der Waals surface area (Å²) in [5, 5.41) is 2.90. The quantitative estimate of drug-likeness (QED) is 0.189. The molecular weight excluding hydrogens is 526 g/mol. The van der Waals surface area contributed by atoms with Crippen molar-refractivity contribution in [1.82, 2.24) is 24.8 Å². The predicted octanol–water partition coefficient (Wildman–Crippen LogP) is 6.79. The maximum atomic E-state index is 12.1. The van der Waals surface area contributed by atoms with Crippen molar-refractivity contribution >= 4 is 17.1 Å². The molecule has 0 aliphatic heterocycles. The number of carbonyl (C=O) groups is 1. The number of unbranched alkanes of at least 4 members (excludes halogenated alkanes) is 1. The molecule has 0 spiro atoms. The van der Waals surface area contributed by atoms with Gasteiger partial charge in [0.25, 0.3) is 0 Å². The van der Waals surface area contributed by atoms with Crippen molar-refractivity contribution in [3.63, 3.8) is 0 Å². The van der Waals surface area contributed by atoms with Crippen LogP contribution in [0.3, 0.4) is 0 Å². The first-order valence-corrected chi connectivity index (χ1v) is 15.1. The third-order valence-corrected chi connectivity index (χ3v) is 7.56. The van der Waals surface area contributed by atoms with Gasteiger partial charge in [0, 0.05) is 12.7 Å². The average Bonchev–Trinajstić information content (AvgIpc) is 3.32. The first-order chi connectivity index (χ1) is 20.4. The fraction of sp³-hybridized carbons (Fsp3) is 0.441. The summed E-state index contributed by atoms with van der Waals surface area (Å²) in [5.41, 5.74) is 5.21. The Morgan fingerprint density at radius 1 is 1.05 bits per heavy atom. The lowest BCUT2D eigenvalue weighted by Gasteiger charge is -2.35. The van der Waals surface area contributed by atoms with Crippen molar-refractivity contribution in [2.24, 2.45) is 0 Å². The Kier molecular flexibility index (Phi) is 9.87. The zero-order valence-corrected chi connectivity index (χ0v) is 25.1. The summed E-state index contributed by atoms with van der Waals surface area (Å²) in [7, 11) is 0. The van der Waals surface area contributed by atoms with Gasteiger partial charge in [0.05, 0.1) is 35.9 Å². The molecular formula is C34H43N5O3. The van der Waals surface area contributed by atoms with E-state index in [1.807, 2.05) is 57.3 Å². The number of benzene rings is 2. The van der Waals surface area contributed by atoms with E-state index >= 15 is 0 Å². The third kappa shape index (κ3) is 7.95. The molecule has 2 aromatic heterocycles. The summed E-state index contributed by atoms with van der Waals surface area (Å²) in [4.78, 5) is 24.6. The maximum absolute atomic E-state index is 12.1. The number of nitrogens with one attached hydrogen (secondary N) is 1. The number of amides is 1. The smallest absolute Gasteiger partial charge is 0.407 e. The van der Waals surface area contributed by atoms with Crippen molar-refractivity contribution < 1.29 is 14.3 Å². The van der Waals surface area contributed by atoms with E-state index < -0.39 is 5.60 Å². The summed E-state index contributed by atoms with van der Waals surface area (Å²) in [6.45, 7) is 8.73. The highest BCUT2D eigenvalue weighted by atomic mass is 16.6. The zero-order valence-electron chi connectivity index (χ0n) is 25.1. The molecule has 2 heterocycles. The number of carbonyl (C=O) groups excluding carboxylic acids is 1. The van der Waals surface area contributed by atoms with Crippen LogP contribution >= 0.6 is 0 Å².